The highest BCUT2D eigenvalue weighted by Crippen LogP contribution is 2.34. The van der Waals surface area contributed by atoms with Crippen LogP contribution in [0, 0.1) is 0 Å². The molecule has 0 radical (unpaired) electrons. The van der Waals surface area contributed by atoms with Gasteiger partial charge in [-0.25, -0.2) is 0 Å². The van der Waals surface area contributed by atoms with Crippen molar-refractivity contribution in [3.8, 4) is 16.9 Å². The molecule has 0 bridgehead atoms. The van der Waals surface area contributed by atoms with E-state index in [2.05, 4.69) is 52.3 Å². The van der Waals surface area contributed by atoms with Crippen LogP contribution in [0.15, 0.2) is 46.9 Å². The van der Waals surface area contributed by atoms with Crippen molar-refractivity contribution in [2.75, 3.05) is 7.11 Å². The fourth-order valence-corrected chi connectivity index (χ4v) is 3.77. The minimum Gasteiger partial charge on any atom is -0.496 e. The predicted molar refractivity (Wildman–Crippen MR) is 92.0 cm³/mol. The zero-order chi connectivity index (χ0) is 14.7. The minimum atomic E-state index is 0.774. The normalized spacial score (nSPS) is 15.9. The Bertz CT molecular complexity index is 597. The van der Waals surface area contributed by atoms with Crippen LogP contribution in [-0.4, -0.2) is 7.11 Å². The minimum absolute atomic E-state index is 0.774. The Morgan fingerprint density at radius 3 is 2.19 bits per heavy atom. The van der Waals surface area contributed by atoms with E-state index >= 15 is 0 Å². The van der Waals surface area contributed by atoms with Crippen molar-refractivity contribution in [3.63, 3.8) is 0 Å². The first-order chi connectivity index (χ1) is 10.3. The smallest absolute Gasteiger partial charge is 0.133 e. The van der Waals surface area contributed by atoms with Crippen molar-refractivity contribution < 1.29 is 4.74 Å². The lowest BCUT2D eigenvalue weighted by atomic mass is 9.84. The van der Waals surface area contributed by atoms with Crippen molar-refractivity contribution >= 4 is 15.9 Å². The third-order valence-electron chi connectivity index (χ3n) is 4.47. The van der Waals surface area contributed by atoms with Crippen LogP contribution in [0.4, 0.5) is 0 Å². The van der Waals surface area contributed by atoms with E-state index in [0.717, 1.165) is 16.1 Å². The first kappa shape index (κ1) is 14.6. The molecule has 2 aromatic carbocycles. The summed E-state index contributed by atoms with van der Waals surface area (Å²) in [6.07, 6.45) is 6.89. The van der Waals surface area contributed by atoms with Gasteiger partial charge in [-0.15, -0.1) is 0 Å². The fourth-order valence-electron chi connectivity index (χ4n) is 3.23. The molecule has 1 nitrogen and oxygen atoms in total. The van der Waals surface area contributed by atoms with E-state index < -0.39 is 0 Å². The lowest BCUT2D eigenvalue weighted by molar-refractivity contribution is 0.412. The Labute approximate surface area is 135 Å². The molecular weight excluding hydrogens is 324 g/mol. The molecule has 2 heteroatoms. The van der Waals surface area contributed by atoms with Crippen molar-refractivity contribution in [3.05, 3.63) is 52.5 Å². The zero-order valence-electron chi connectivity index (χ0n) is 12.4. The number of ether oxygens (including phenoxy) is 1. The molecule has 1 aliphatic carbocycles. The second kappa shape index (κ2) is 6.65. The Morgan fingerprint density at radius 2 is 1.57 bits per heavy atom. The average molecular weight is 345 g/mol. The van der Waals surface area contributed by atoms with E-state index in [0.29, 0.717) is 0 Å². The third-order valence-corrected chi connectivity index (χ3v) is 5.09. The standard InChI is InChI=1S/C19H21BrO/c1-21-19-12-11-17(13-18(19)20)16-9-7-15(8-10-16)14-5-3-2-4-6-14/h7-14H,2-6H2,1H3. The Balaban J connectivity index is 1.81. The molecule has 0 atom stereocenters. The molecular formula is C19H21BrO. The molecule has 110 valence electrons. The molecule has 0 saturated heterocycles. The molecule has 0 amide bonds. The van der Waals surface area contributed by atoms with E-state index in [1.165, 1.54) is 48.8 Å². The molecule has 0 unspecified atom stereocenters. The summed E-state index contributed by atoms with van der Waals surface area (Å²) < 4.78 is 6.29. The number of benzene rings is 2. The van der Waals surface area contributed by atoms with E-state index in [4.69, 9.17) is 4.74 Å². The van der Waals surface area contributed by atoms with Crippen molar-refractivity contribution in [1.82, 2.24) is 0 Å². The summed E-state index contributed by atoms with van der Waals surface area (Å²) in [6, 6.07) is 15.4. The molecule has 0 spiro atoms. The Morgan fingerprint density at radius 1 is 0.905 bits per heavy atom. The lowest BCUT2D eigenvalue weighted by Crippen LogP contribution is -2.04. The van der Waals surface area contributed by atoms with Gasteiger partial charge < -0.3 is 4.74 Å². The maximum atomic E-state index is 5.29. The van der Waals surface area contributed by atoms with Crippen molar-refractivity contribution in [2.24, 2.45) is 0 Å². The summed E-state index contributed by atoms with van der Waals surface area (Å²) >= 11 is 3.56. The highest BCUT2D eigenvalue weighted by molar-refractivity contribution is 9.10. The molecule has 3 rings (SSSR count). The van der Waals surface area contributed by atoms with Gasteiger partial charge in [-0.3, -0.25) is 0 Å². The van der Waals surface area contributed by atoms with Crippen LogP contribution >= 0.6 is 15.9 Å². The molecule has 0 aromatic heterocycles. The predicted octanol–water partition coefficient (Wildman–Crippen LogP) is 6.17. The fraction of sp³-hybridized carbons (Fsp3) is 0.368. The van der Waals surface area contributed by atoms with E-state index in [-0.39, 0.29) is 0 Å². The van der Waals surface area contributed by atoms with Crippen LogP contribution in [0.3, 0.4) is 0 Å². The number of hydrogen-bond acceptors (Lipinski definition) is 1. The maximum absolute atomic E-state index is 5.29. The molecule has 0 aliphatic heterocycles. The summed E-state index contributed by atoms with van der Waals surface area (Å²) in [4.78, 5) is 0. The second-order valence-corrected chi connectivity index (χ2v) is 6.66. The monoisotopic (exact) mass is 344 g/mol. The van der Waals surface area contributed by atoms with E-state index in [9.17, 15) is 0 Å². The highest BCUT2D eigenvalue weighted by atomic mass is 79.9. The maximum Gasteiger partial charge on any atom is 0.133 e. The van der Waals surface area contributed by atoms with Crippen molar-refractivity contribution in [1.29, 1.82) is 0 Å². The lowest BCUT2D eigenvalue weighted by Gasteiger charge is -2.22. The van der Waals surface area contributed by atoms with Crippen LogP contribution in [0.25, 0.3) is 11.1 Å². The van der Waals surface area contributed by atoms with Gasteiger partial charge >= 0.3 is 0 Å². The number of hydrogen-bond donors (Lipinski definition) is 0. The second-order valence-electron chi connectivity index (χ2n) is 5.81. The van der Waals surface area contributed by atoms with Gasteiger partial charge in [0.05, 0.1) is 11.6 Å². The van der Waals surface area contributed by atoms with Crippen LogP contribution in [-0.2, 0) is 0 Å². The van der Waals surface area contributed by atoms with Crippen LogP contribution < -0.4 is 4.74 Å². The largest absolute Gasteiger partial charge is 0.496 e. The van der Waals surface area contributed by atoms with E-state index in [1.807, 2.05) is 6.07 Å². The number of halogens is 1. The molecule has 0 N–H and O–H groups in total. The quantitative estimate of drug-likeness (QED) is 0.646. The Kier molecular flexibility index (Phi) is 4.64. The average Bonchev–Trinajstić information content (AvgIpc) is 2.56. The van der Waals surface area contributed by atoms with Crippen LogP contribution in [0.5, 0.6) is 5.75 Å². The summed E-state index contributed by atoms with van der Waals surface area (Å²) in [6.45, 7) is 0. The topological polar surface area (TPSA) is 9.23 Å². The highest BCUT2D eigenvalue weighted by Gasteiger charge is 2.15. The van der Waals surface area contributed by atoms with Gasteiger partial charge in [0, 0.05) is 0 Å². The van der Waals surface area contributed by atoms with E-state index in [1.54, 1.807) is 7.11 Å². The van der Waals surface area contributed by atoms with Crippen molar-refractivity contribution in [2.45, 2.75) is 38.0 Å². The first-order valence-electron chi connectivity index (χ1n) is 7.72. The van der Waals surface area contributed by atoms with Gasteiger partial charge in [-0.2, -0.15) is 0 Å². The SMILES string of the molecule is COc1ccc(-c2ccc(C3CCCCC3)cc2)cc1Br. The molecule has 0 heterocycles. The van der Waals surface area contributed by atoms with Gasteiger partial charge in [0.25, 0.3) is 0 Å². The van der Waals surface area contributed by atoms with Crippen LogP contribution in [0.2, 0.25) is 0 Å². The molecule has 1 aliphatic rings. The molecule has 2 aromatic rings. The molecule has 1 saturated carbocycles. The summed E-state index contributed by atoms with van der Waals surface area (Å²) in [5.41, 5.74) is 3.99. The summed E-state index contributed by atoms with van der Waals surface area (Å²) in [5.74, 6) is 1.65. The number of methoxy groups -OCH3 is 1. The van der Waals surface area contributed by atoms with Gasteiger partial charge in [0.2, 0.25) is 0 Å². The Hall–Kier alpha value is -1.28. The number of rotatable bonds is 3. The molecule has 1 fully saturated rings. The third kappa shape index (κ3) is 3.32. The summed E-state index contributed by atoms with van der Waals surface area (Å²) in [7, 11) is 1.69. The zero-order valence-corrected chi connectivity index (χ0v) is 14.0. The first-order valence-corrected chi connectivity index (χ1v) is 8.51. The van der Waals surface area contributed by atoms with Gasteiger partial charge in [0.1, 0.15) is 5.75 Å². The van der Waals surface area contributed by atoms with Gasteiger partial charge in [-0.1, -0.05) is 49.6 Å². The molecule has 21 heavy (non-hydrogen) atoms. The van der Waals surface area contributed by atoms with Gasteiger partial charge in [0.15, 0.2) is 0 Å². The van der Waals surface area contributed by atoms with Crippen LogP contribution in [0.1, 0.15) is 43.6 Å². The summed E-state index contributed by atoms with van der Waals surface area (Å²) in [5, 5.41) is 0. The van der Waals surface area contributed by atoms with Gasteiger partial charge in [-0.05, 0) is 63.5 Å².